The molecule has 11 nitrogen and oxygen atoms in total. The Morgan fingerprint density at radius 2 is 1.09 bits per heavy atom. The highest BCUT2D eigenvalue weighted by Crippen LogP contribution is 2.28. The fraction of sp³-hybridized carbons (Fsp3) is 0.500. The smallest absolute Gasteiger partial charge is 0.352 e. The number of hydrogen-bond acceptors (Lipinski definition) is 6. The molecule has 0 saturated carbocycles. The molecule has 0 aliphatic carbocycles. The quantitative estimate of drug-likeness (QED) is 0.157. The van der Waals surface area contributed by atoms with Crippen LogP contribution in [0.1, 0.15) is 107 Å². The maximum Gasteiger partial charge on any atom is 0.352 e. The van der Waals surface area contributed by atoms with E-state index in [1.807, 2.05) is 12.1 Å². The van der Waals surface area contributed by atoms with Crippen molar-refractivity contribution in [2.75, 3.05) is 13.2 Å². The number of nitrogens with zero attached hydrogens (tertiary/aromatic N) is 2. The predicted molar refractivity (Wildman–Crippen MR) is 160 cm³/mol. The van der Waals surface area contributed by atoms with Crippen molar-refractivity contribution in [2.45, 2.75) is 93.2 Å². The monoisotopic (exact) mass is 597 g/mol. The number of carbonyl (C=O) groups is 4. The van der Waals surface area contributed by atoms with Crippen molar-refractivity contribution in [2.24, 2.45) is 0 Å². The zero-order valence-electron chi connectivity index (χ0n) is 26.0. The maximum atomic E-state index is 12.1. The van der Waals surface area contributed by atoms with Crippen LogP contribution in [-0.4, -0.2) is 61.4 Å². The molecule has 0 saturated heterocycles. The van der Waals surface area contributed by atoms with E-state index in [9.17, 15) is 29.4 Å². The largest absolute Gasteiger partial charge is 0.477 e. The molecular weight excluding hydrogens is 554 g/mol. The molecule has 3 aromatic rings. The van der Waals surface area contributed by atoms with Gasteiger partial charge in [-0.1, -0.05) is 13.8 Å². The van der Waals surface area contributed by atoms with Crippen LogP contribution in [0.2, 0.25) is 0 Å². The fourth-order valence-electron chi connectivity index (χ4n) is 5.97. The molecule has 234 valence electrons. The van der Waals surface area contributed by atoms with Crippen molar-refractivity contribution in [3.05, 3.63) is 68.6 Å². The van der Waals surface area contributed by atoms with E-state index < -0.39 is 11.9 Å². The maximum absolute atomic E-state index is 12.1. The summed E-state index contributed by atoms with van der Waals surface area (Å²) >= 11 is 0. The number of carboxylic acids is 2. The molecular formula is C32H43N3O8. The second kappa shape index (κ2) is 14.8. The number of carbonyl (C=O) groups excluding carboxylic acids is 2. The highest BCUT2D eigenvalue weighted by molar-refractivity contribution is 5.88. The number of carboxylic acid groups (broad SMARTS) is 2. The van der Waals surface area contributed by atoms with Crippen molar-refractivity contribution in [3.63, 3.8) is 0 Å². The SMILES string of the molecule is CCc1c(Cc2cc(C)c(C(=O)O)n2CCCOC(C)=O)[nH]c(Cc2cc(C)c(C(=O)O)n2CCCOC(C)=O)c1CC. The number of nitrogens with one attached hydrogen (secondary N) is 1. The normalized spacial score (nSPS) is 11.1. The molecule has 3 rings (SSSR count). The van der Waals surface area contributed by atoms with Crippen LogP contribution in [0, 0.1) is 13.8 Å². The number of aromatic amines is 1. The van der Waals surface area contributed by atoms with Crippen molar-refractivity contribution < 1.29 is 38.9 Å². The van der Waals surface area contributed by atoms with E-state index in [-0.39, 0.29) is 36.5 Å². The number of ether oxygens (including phenoxy) is 2. The minimum atomic E-state index is -1.01. The van der Waals surface area contributed by atoms with Crippen molar-refractivity contribution in [1.29, 1.82) is 0 Å². The van der Waals surface area contributed by atoms with Gasteiger partial charge in [0.1, 0.15) is 11.4 Å². The van der Waals surface area contributed by atoms with Gasteiger partial charge in [-0.05, 0) is 73.9 Å². The molecule has 0 radical (unpaired) electrons. The molecule has 0 unspecified atom stereocenters. The summed E-state index contributed by atoms with van der Waals surface area (Å²) in [6.45, 7) is 11.6. The van der Waals surface area contributed by atoms with Crippen LogP contribution >= 0.6 is 0 Å². The zero-order chi connectivity index (χ0) is 31.8. The predicted octanol–water partition coefficient (Wildman–Crippen LogP) is 4.84. The van der Waals surface area contributed by atoms with Gasteiger partial charge < -0.3 is 33.8 Å². The van der Waals surface area contributed by atoms with Gasteiger partial charge in [0.05, 0.1) is 13.2 Å². The summed E-state index contributed by atoms with van der Waals surface area (Å²) in [5, 5.41) is 19.9. The molecule has 3 heterocycles. The first-order chi connectivity index (χ1) is 20.4. The molecule has 3 N–H and O–H groups in total. The first-order valence-electron chi connectivity index (χ1n) is 14.7. The Labute approximate surface area is 251 Å². The molecule has 43 heavy (non-hydrogen) atoms. The van der Waals surface area contributed by atoms with E-state index in [4.69, 9.17) is 9.47 Å². The average Bonchev–Trinajstić information content (AvgIpc) is 3.53. The van der Waals surface area contributed by atoms with E-state index in [1.54, 1.807) is 23.0 Å². The van der Waals surface area contributed by atoms with Gasteiger partial charge in [-0.15, -0.1) is 0 Å². The van der Waals surface area contributed by atoms with Gasteiger partial charge >= 0.3 is 23.9 Å². The summed E-state index contributed by atoms with van der Waals surface area (Å²) < 4.78 is 13.7. The molecule has 0 spiro atoms. The summed E-state index contributed by atoms with van der Waals surface area (Å²) in [6.07, 6.45) is 3.49. The van der Waals surface area contributed by atoms with Crippen LogP contribution in [0.15, 0.2) is 12.1 Å². The van der Waals surface area contributed by atoms with Crippen LogP contribution < -0.4 is 0 Å². The summed E-state index contributed by atoms with van der Waals surface area (Å²) in [7, 11) is 0. The summed E-state index contributed by atoms with van der Waals surface area (Å²) in [5.41, 5.74) is 7.80. The number of hydrogen-bond donors (Lipinski definition) is 3. The van der Waals surface area contributed by atoms with E-state index in [0.29, 0.717) is 49.9 Å². The standard InChI is InChI=1S/C32H43N3O8/c1-7-25-26(8-2)28(18-24-16-20(4)30(32(40)41)35(24)12-10-14-43-22(6)37)33-27(25)17-23-15-19(3)29(31(38)39)34(23)11-9-13-42-21(5)36/h15-16,33H,7-14,17-18H2,1-6H3,(H,38,39)(H,40,41). The van der Waals surface area contributed by atoms with Gasteiger partial charge in [0.2, 0.25) is 0 Å². The lowest BCUT2D eigenvalue weighted by Crippen LogP contribution is -2.15. The second-order valence-corrected chi connectivity index (χ2v) is 10.7. The van der Waals surface area contributed by atoms with E-state index in [2.05, 4.69) is 18.8 Å². The summed E-state index contributed by atoms with van der Waals surface area (Å²) in [4.78, 5) is 50.3. The molecule has 0 aliphatic heterocycles. The van der Waals surface area contributed by atoms with Gasteiger partial charge in [0.15, 0.2) is 0 Å². The van der Waals surface area contributed by atoms with Crippen LogP contribution in [0.5, 0.6) is 0 Å². The Bertz CT molecular complexity index is 1380. The first kappa shape index (κ1) is 33.2. The Kier molecular flexibility index (Phi) is 11.4. The average molecular weight is 598 g/mol. The number of aryl methyl sites for hydroxylation is 2. The van der Waals surface area contributed by atoms with Gasteiger partial charge in [-0.3, -0.25) is 9.59 Å². The van der Waals surface area contributed by atoms with Crippen molar-refractivity contribution >= 4 is 23.9 Å². The Morgan fingerprint density at radius 3 is 1.40 bits per heavy atom. The minimum absolute atomic E-state index is 0.205. The van der Waals surface area contributed by atoms with E-state index >= 15 is 0 Å². The van der Waals surface area contributed by atoms with E-state index in [0.717, 1.165) is 35.6 Å². The number of esters is 2. The second-order valence-electron chi connectivity index (χ2n) is 10.7. The molecule has 3 aromatic heterocycles. The van der Waals surface area contributed by atoms with Crippen molar-refractivity contribution in [3.8, 4) is 0 Å². The number of aromatic carboxylic acids is 2. The third kappa shape index (κ3) is 7.97. The number of aromatic nitrogens is 3. The summed E-state index contributed by atoms with van der Waals surface area (Å²) in [6, 6.07) is 3.80. The van der Waals surface area contributed by atoms with Crippen molar-refractivity contribution in [1.82, 2.24) is 14.1 Å². The lowest BCUT2D eigenvalue weighted by Gasteiger charge is -2.13. The Balaban J connectivity index is 1.98. The first-order valence-corrected chi connectivity index (χ1v) is 14.7. The molecule has 11 heteroatoms. The topological polar surface area (TPSA) is 153 Å². The lowest BCUT2D eigenvalue weighted by molar-refractivity contribution is -0.142. The van der Waals surface area contributed by atoms with Gasteiger partial charge in [0.25, 0.3) is 0 Å². The van der Waals surface area contributed by atoms with Crippen LogP contribution in [-0.2, 0) is 57.8 Å². The lowest BCUT2D eigenvalue weighted by atomic mass is 10.00. The third-order valence-corrected chi connectivity index (χ3v) is 7.63. The third-order valence-electron chi connectivity index (χ3n) is 7.63. The minimum Gasteiger partial charge on any atom is -0.477 e. The molecule has 0 aliphatic rings. The Hall–Kier alpha value is -4.28. The van der Waals surface area contributed by atoms with Crippen LogP contribution in [0.25, 0.3) is 0 Å². The highest BCUT2D eigenvalue weighted by atomic mass is 16.5. The van der Waals surface area contributed by atoms with Gasteiger partial charge in [-0.25, -0.2) is 9.59 Å². The molecule has 0 atom stereocenters. The number of rotatable bonds is 16. The van der Waals surface area contributed by atoms with Crippen LogP contribution in [0.3, 0.4) is 0 Å². The molecule has 0 fully saturated rings. The highest BCUT2D eigenvalue weighted by Gasteiger charge is 2.24. The van der Waals surface area contributed by atoms with Gasteiger partial charge in [-0.2, -0.15) is 0 Å². The number of H-pyrrole nitrogens is 1. The van der Waals surface area contributed by atoms with Crippen LogP contribution in [0.4, 0.5) is 0 Å². The van der Waals surface area contributed by atoms with E-state index in [1.165, 1.54) is 25.0 Å². The zero-order valence-corrected chi connectivity index (χ0v) is 26.0. The fourth-order valence-corrected chi connectivity index (χ4v) is 5.97. The Morgan fingerprint density at radius 1 is 0.721 bits per heavy atom. The molecule has 0 amide bonds. The summed E-state index contributed by atoms with van der Waals surface area (Å²) in [5.74, 6) is -2.76. The molecule has 0 aromatic carbocycles. The molecule has 0 bridgehead atoms. The van der Waals surface area contributed by atoms with Gasteiger partial charge in [0, 0.05) is 62.6 Å².